The summed E-state index contributed by atoms with van der Waals surface area (Å²) in [6.07, 6.45) is -0.688. The van der Waals surface area contributed by atoms with Crippen LogP contribution in [0.25, 0.3) is 0 Å². The van der Waals surface area contributed by atoms with Crippen molar-refractivity contribution in [1.82, 2.24) is 25.9 Å². The molecule has 0 spiro atoms. The lowest BCUT2D eigenvalue weighted by atomic mass is 10.2. The van der Waals surface area contributed by atoms with Crippen LogP contribution in [0.2, 0.25) is 0 Å². The number of hydrogen-bond donors (Lipinski definition) is 2. The van der Waals surface area contributed by atoms with Crippen LogP contribution in [0.5, 0.6) is 5.75 Å². The van der Waals surface area contributed by atoms with E-state index in [-0.39, 0.29) is 11.9 Å². The summed E-state index contributed by atoms with van der Waals surface area (Å²) >= 11 is 0. The van der Waals surface area contributed by atoms with Crippen LogP contribution in [0.15, 0.2) is 24.3 Å². The Kier molecular flexibility index (Phi) is 4.46. The maximum atomic E-state index is 12.0. The van der Waals surface area contributed by atoms with Gasteiger partial charge in [-0.15, -0.1) is 10.2 Å². The molecule has 8 heteroatoms. The van der Waals surface area contributed by atoms with Crippen molar-refractivity contribution >= 4 is 5.91 Å². The van der Waals surface area contributed by atoms with Crippen LogP contribution in [-0.4, -0.2) is 32.6 Å². The van der Waals surface area contributed by atoms with Gasteiger partial charge in [0, 0.05) is 0 Å². The number of nitriles is 1. The van der Waals surface area contributed by atoms with Crippen molar-refractivity contribution in [1.29, 1.82) is 5.26 Å². The first-order valence-electron chi connectivity index (χ1n) is 6.30. The molecule has 0 fully saturated rings. The van der Waals surface area contributed by atoms with Crippen molar-refractivity contribution in [3.05, 3.63) is 35.7 Å². The Labute approximate surface area is 121 Å². The topological polar surface area (TPSA) is 117 Å². The van der Waals surface area contributed by atoms with Crippen LogP contribution < -0.4 is 10.1 Å². The number of hydrogen-bond acceptors (Lipinski definition) is 6. The molecule has 1 aromatic carbocycles. The zero-order valence-corrected chi connectivity index (χ0v) is 11.6. The Balaban J connectivity index is 1.91. The Hall–Kier alpha value is -2.95. The minimum atomic E-state index is -0.688. The standard InChI is InChI=1S/C13H14N6O2/c1-8(12-16-18-19-17-12)15-13(20)9(2)21-11-5-3-10(7-14)4-6-11/h3-6,8-9H,1-2H3,(H,15,20)(H,16,17,18,19). The van der Waals surface area contributed by atoms with Gasteiger partial charge in [-0.1, -0.05) is 5.21 Å². The second-order valence-corrected chi connectivity index (χ2v) is 4.40. The predicted molar refractivity (Wildman–Crippen MR) is 72.0 cm³/mol. The van der Waals surface area contributed by atoms with E-state index in [2.05, 4.69) is 25.9 Å². The molecular weight excluding hydrogens is 272 g/mol. The molecule has 0 aliphatic carbocycles. The summed E-state index contributed by atoms with van der Waals surface area (Å²) in [7, 11) is 0. The van der Waals surface area contributed by atoms with Gasteiger partial charge < -0.3 is 10.1 Å². The van der Waals surface area contributed by atoms with Gasteiger partial charge in [0.15, 0.2) is 11.9 Å². The van der Waals surface area contributed by atoms with Crippen LogP contribution in [0.3, 0.4) is 0 Å². The van der Waals surface area contributed by atoms with Gasteiger partial charge in [-0.25, -0.2) is 0 Å². The van der Waals surface area contributed by atoms with Crippen LogP contribution >= 0.6 is 0 Å². The van der Waals surface area contributed by atoms with E-state index in [1.165, 1.54) is 0 Å². The molecule has 0 aliphatic heterocycles. The molecule has 0 saturated carbocycles. The lowest BCUT2D eigenvalue weighted by Crippen LogP contribution is -2.38. The number of aromatic nitrogens is 4. The average Bonchev–Trinajstić information content (AvgIpc) is 3.02. The normalized spacial score (nSPS) is 13.0. The largest absolute Gasteiger partial charge is 0.481 e. The lowest BCUT2D eigenvalue weighted by molar-refractivity contribution is -0.128. The van der Waals surface area contributed by atoms with E-state index in [4.69, 9.17) is 10.00 Å². The smallest absolute Gasteiger partial charge is 0.261 e. The molecular formula is C13H14N6O2. The molecule has 0 saturated heterocycles. The fourth-order valence-electron chi connectivity index (χ4n) is 1.61. The minimum absolute atomic E-state index is 0.295. The van der Waals surface area contributed by atoms with Gasteiger partial charge in [0.1, 0.15) is 5.75 Å². The maximum absolute atomic E-state index is 12.0. The molecule has 1 heterocycles. The SMILES string of the molecule is CC(Oc1ccc(C#N)cc1)C(=O)NC(C)c1nn[nH]n1. The Morgan fingerprint density at radius 1 is 1.38 bits per heavy atom. The Morgan fingerprint density at radius 2 is 2.10 bits per heavy atom. The van der Waals surface area contributed by atoms with Crippen LogP contribution in [-0.2, 0) is 4.79 Å². The number of aromatic amines is 1. The Bertz CT molecular complexity index is 632. The average molecular weight is 286 g/mol. The van der Waals surface area contributed by atoms with E-state index in [0.717, 1.165) is 0 Å². The third-order valence-electron chi connectivity index (χ3n) is 2.77. The highest BCUT2D eigenvalue weighted by atomic mass is 16.5. The van der Waals surface area contributed by atoms with E-state index in [1.807, 2.05) is 6.07 Å². The van der Waals surface area contributed by atoms with Gasteiger partial charge in [0.05, 0.1) is 17.7 Å². The summed E-state index contributed by atoms with van der Waals surface area (Å²) in [5.74, 6) is 0.620. The van der Waals surface area contributed by atoms with E-state index < -0.39 is 6.10 Å². The highest BCUT2D eigenvalue weighted by molar-refractivity contribution is 5.81. The van der Waals surface area contributed by atoms with Crippen LogP contribution in [0, 0.1) is 11.3 Å². The highest BCUT2D eigenvalue weighted by Crippen LogP contribution is 2.14. The molecule has 2 rings (SSSR count). The van der Waals surface area contributed by atoms with Crippen LogP contribution in [0.1, 0.15) is 31.3 Å². The number of benzene rings is 1. The third-order valence-corrected chi connectivity index (χ3v) is 2.77. The fourth-order valence-corrected chi connectivity index (χ4v) is 1.61. The molecule has 2 N–H and O–H groups in total. The zero-order chi connectivity index (χ0) is 15.2. The monoisotopic (exact) mass is 286 g/mol. The molecule has 2 atom stereocenters. The number of ether oxygens (including phenoxy) is 1. The second kappa shape index (κ2) is 6.47. The van der Waals surface area contributed by atoms with E-state index >= 15 is 0 Å². The van der Waals surface area contributed by atoms with Crippen molar-refractivity contribution in [2.75, 3.05) is 0 Å². The number of rotatable bonds is 5. The first kappa shape index (κ1) is 14.5. The number of H-pyrrole nitrogens is 1. The number of amides is 1. The van der Waals surface area contributed by atoms with Gasteiger partial charge in [0.25, 0.3) is 5.91 Å². The predicted octanol–water partition coefficient (Wildman–Crippen LogP) is 0.716. The summed E-state index contributed by atoms with van der Waals surface area (Å²) in [5.41, 5.74) is 0.533. The third kappa shape index (κ3) is 3.76. The summed E-state index contributed by atoms with van der Waals surface area (Å²) in [6.45, 7) is 3.38. The fraction of sp³-hybridized carbons (Fsp3) is 0.308. The molecule has 21 heavy (non-hydrogen) atoms. The van der Waals surface area contributed by atoms with E-state index in [0.29, 0.717) is 17.1 Å². The summed E-state index contributed by atoms with van der Waals surface area (Å²) in [6, 6.07) is 8.18. The molecule has 1 aromatic heterocycles. The van der Waals surface area contributed by atoms with Gasteiger partial charge >= 0.3 is 0 Å². The van der Waals surface area contributed by atoms with Gasteiger partial charge in [-0.3, -0.25) is 4.79 Å². The van der Waals surface area contributed by atoms with E-state index in [1.54, 1.807) is 38.1 Å². The summed E-state index contributed by atoms with van der Waals surface area (Å²) in [5, 5.41) is 24.8. The van der Waals surface area contributed by atoms with Crippen molar-refractivity contribution in [3.63, 3.8) is 0 Å². The number of nitrogens with one attached hydrogen (secondary N) is 2. The molecule has 0 radical (unpaired) electrons. The van der Waals surface area contributed by atoms with Crippen molar-refractivity contribution in [3.8, 4) is 11.8 Å². The maximum Gasteiger partial charge on any atom is 0.261 e. The molecule has 2 unspecified atom stereocenters. The highest BCUT2D eigenvalue weighted by Gasteiger charge is 2.19. The number of carbonyl (C=O) groups is 1. The van der Waals surface area contributed by atoms with Crippen molar-refractivity contribution in [2.24, 2.45) is 0 Å². The first-order valence-corrected chi connectivity index (χ1v) is 6.30. The molecule has 8 nitrogen and oxygen atoms in total. The lowest BCUT2D eigenvalue weighted by Gasteiger charge is -2.16. The zero-order valence-electron chi connectivity index (χ0n) is 11.6. The molecule has 108 valence electrons. The van der Waals surface area contributed by atoms with E-state index in [9.17, 15) is 4.79 Å². The molecule has 0 aliphatic rings. The molecule has 2 aromatic rings. The number of tetrazole rings is 1. The quantitative estimate of drug-likeness (QED) is 0.836. The number of nitrogens with zero attached hydrogens (tertiary/aromatic N) is 4. The van der Waals surface area contributed by atoms with Crippen molar-refractivity contribution < 1.29 is 9.53 Å². The first-order chi connectivity index (χ1) is 10.1. The van der Waals surface area contributed by atoms with Crippen LogP contribution in [0.4, 0.5) is 0 Å². The second-order valence-electron chi connectivity index (χ2n) is 4.40. The van der Waals surface area contributed by atoms with Gasteiger partial charge in [-0.05, 0) is 38.1 Å². The summed E-state index contributed by atoms with van der Waals surface area (Å²) < 4.78 is 5.51. The molecule has 1 amide bonds. The van der Waals surface area contributed by atoms with Crippen molar-refractivity contribution in [2.45, 2.75) is 26.0 Å². The minimum Gasteiger partial charge on any atom is -0.481 e. The summed E-state index contributed by atoms with van der Waals surface area (Å²) in [4.78, 5) is 12.0. The number of carbonyl (C=O) groups excluding carboxylic acids is 1. The van der Waals surface area contributed by atoms with Gasteiger partial charge in [0.2, 0.25) is 0 Å². The Morgan fingerprint density at radius 3 is 2.67 bits per heavy atom. The van der Waals surface area contributed by atoms with Gasteiger partial charge in [-0.2, -0.15) is 10.5 Å². The molecule has 0 bridgehead atoms.